The van der Waals surface area contributed by atoms with Crippen molar-refractivity contribution in [3.63, 3.8) is 0 Å². The first kappa shape index (κ1) is 19.7. The molecule has 1 saturated heterocycles. The molecule has 23 heavy (non-hydrogen) atoms. The summed E-state index contributed by atoms with van der Waals surface area (Å²) in [4.78, 5) is 16.4. The molecule has 126 valence electrons. The number of nitrogens with one attached hydrogen (secondary N) is 2. The van der Waals surface area contributed by atoms with Crippen LogP contribution in [-0.4, -0.2) is 24.0 Å². The van der Waals surface area contributed by atoms with Crippen LogP contribution in [0.4, 0.5) is 5.69 Å². The van der Waals surface area contributed by atoms with Crippen LogP contribution in [0, 0.1) is 5.92 Å². The van der Waals surface area contributed by atoms with Crippen molar-refractivity contribution < 1.29 is 4.79 Å². The van der Waals surface area contributed by atoms with Crippen molar-refractivity contribution in [2.24, 2.45) is 5.92 Å². The maximum atomic E-state index is 12.0. The fourth-order valence-electron chi connectivity index (χ4n) is 2.87. The number of benzene rings is 1. The number of para-hydroxylation sites is 1. The lowest BCUT2D eigenvalue weighted by Gasteiger charge is -2.22. The summed E-state index contributed by atoms with van der Waals surface area (Å²) in [5, 5.41) is 7.36. The normalized spacial score (nSPS) is 14.6. The van der Waals surface area contributed by atoms with Crippen LogP contribution in [0.1, 0.15) is 25.7 Å². The van der Waals surface area contributed by atoms with Gasteiger partial charge in [0.2, 0.25) is 5.91 Å². The van der Waals surface area contributed by atoms with E-state index in [1.165, 1.54) is 12.8 Å². The topological polar surface area (TPSA) is 54.0 Å². The van der Waals surface area contributed by atoms with Gasteiger partial charge in [0.1, 0.15) is 0 Å². The molecular formula is C17H23Cl2N3O. The minimum atomic E-state index is 0. The van der Waals surface area contributed by atoms with E-state index < -0.39 is 0 Å². The number of carbonyl (C=O) groups is 1. The Labute approximate surface area is 149 Å². The predicted octanol–water partition coefficient (Wildman–Crippen LogP) is 3.80. The molecule has 1 fully saturated rings. The zero-order chi connectivity index (χ0) is 14.5. The second-order valence-electron chi connectivity index (χ2n) is 5.70. The second kappa shape index (κ2) is 9.71. The average molecular weight is 356 g/mol. The number of piperidine rings is 1. The van der Waals surface area contributed by atoms with Gasteiger partial charge >= 0.3 is 0 Å². The highest BCUT2D eigenvalue weighted by Crippen LogP contribution is 2.19. The van der Waals surface area contributed by atoms with Gasteiger partial charge in [-0.1, -0.05) is 18.2 Å². The number of hydrogen-bond donors (Lipinski definition) is 2. The van der Waals surface area contributed by atoms with Crippen LogP contribution < -0.4 is 10.6 Å². The number of nitrogens with zero attached hydrogens (tertiary/aromatic N) is 1. The lowest BCUT2D eigenvalue weighted by Crippen LogP contribution is -2.28. The molecule has 0 atom stereocenters. The molecule has 1 amide bonds. The highest BCUT2D eigenvalue weighted by Gasteiger charge is 2.14. The van der Waals surface area contributed by atoms with Crippen molar-refractivity contribution >= 4 is 47.3 Å². The van der Waals surface area contributed by atoms with E-state index in [9.17, 15) is 4.79 Å². The minimum Gasteiger partial charge on any atom is -0.325 e. The first-order chi connectivity index (χ1) is 10.3. The van der Waals surface area contributed by atoms with E-state index in [1.54, 1.807) is 6.20 Å². The molecule has 0 unspecified atom stereocenters. The highest BCUT2D eigenvalue weighted by atomic mass is 35.5. The first-order valence-corrected chi connectivity index (χ1v) is 7.66. The van der Waals surface area contributed by atoms with E-state index >= 15 is 0 Å². The number of amides is 1. The van der Waals surface area contributed by atoms with E-state index in [1.807, 2.05) is 30.3 Å². The maximum Gasteiger partial charge on any atom is 0.224 e. The number of fused-ring (bicyclic) bond motifs is 1. The molecule has 6 heteroatoms. The van der Waals surface area contributed by atoms with Gasteiger partial charge in [0.05, 0.1) is 17.4 Å². The summed E-state index contributed by atoms with van der Waals surface area (Å²) in [6.45, 7) is 2.17. The van der Waals surface area contributed by atoms with Crippen LogP contribution in [0.5, 0.6) is 0 Å². The van der Waals surface area contributed by atoms with Crippen molar-refractivity contribution in [3.05, 3.63) is 36.5 Å². The molecule has 4 nitrogen and oxygen atoms in total. The van der Waals surface area contributed by atoms with Crippen LogP contribution in [0.15, 0.2) is 36.5 Å². The summed E-state index contributed by atoms with van der Waals surface area (Å²) >= 11 is 0. The molecule has 1 aliphatic heterocycles. The molecule has 2 heterocycles. The lowest BCUT2D eigenvalue weighted by atomic mass is 9.93. The first-order valence-electron chi connectivity index (χ1n) is 7.66. The number of anilines is 1. The zero-order valence-corrected chi connectivity index (χ0v) is 14.6. The third kappa shape index (κ3) is 5.65. The summed E-state index contributed by atoms with van der Waals surface area (Å²) in [5.41, 5.74) is 1.73. The number of pyridine rings is 1. The lowest BCUT2D eigenvalue weighted by molar-refractivity contribution is -0.116. The van der Waals surface area contributed by atoms with Gasteiger partial charge in [-0.05, 0) is 50.4 Å². The molecule has 0 bridgehead atoms. The maximum absolute atomic E-state index is 12.0. The number of aromatic nitrogens is 1. The van der Waals surface area contributed by atoms with Gasteiger partial charge in [0.15, 0.2) is 0 Å². The molecule has 3 rings (SSSR count). The van der Waals surface area contributed by atoms with Gasteiger partial charge in [0, 0.05) is 11.8 Å². The predicted molar refractivity (Wildman–Crippen MR) is 99.7 cm³/mol. The number of hydrogen-bond acceptors (Lipinski definition) is 3. The van der Waals surface area contributed by atoms with Gasteiger partial charge in [-0.3, -0.25) is 9.78 Å². The number of rotatable bonds is 4. The van der Waals surface area contributed by atoms with Gasteiger partial charge in [-0.2, -0.15) is 0 Å². The molecule has 1 aromatic carbocycles. The zero-order valence-electron chi connectivity index (χ0n) is 13.0. The minimum absolute atomic E-state index is 0. The molecule has 2 N–H and O–H groups in total. The Balaban J connectivity index is 0.00000132. The summed E-state index contributed by atoms with van der Waals surface area (Å²) in [6, 6.07) is 9.90. The molecule has 2 aromatic rings. The highest BCUT2D eigenvalue weighted by molar-refractivity contribution is 5.93. The van der Waals surface area contributed by atoms with Crippen molar-refractivity contribution in [1.29, 1.82) is 0 Å². The Morgan fingerprint density at radius 2 is 1.96 bits per heavy atom. The largest absolute Gasteiger partial charge is 0.325 e. The van der Waals surface area contributed by atoms with Crippen molar-refractivity contribution in [3.8, 4) is 0 Å². The summed E-state index contributed by atoms with van der Waals surface area (Å²) in [6.07, 6.45) is 5.67. The molecule has 1 aromatic heterocycles. The SMILES string of the molecule is Cl.Cl.O=C(CCC1CCNCC1)Nc1cnc2ccccc2c1. The van der Waals surface area contributed by atoms with E-state index in [4.69, 9.17) is 0 Å². The molecule has 0 saturated carbocycles. The van der Waals surface area contributed by atoms with E-state index in [0.29, 0.717) is 12.3 Å². The van der Waals surface area contributed by atoms with E-state index in [2.05, 4.69) is 15.6 Å². The Hall–Kier alpha value is -1.36. The van der Waals surface area contributed by atoms with Crippen molar-refractivity contribution in [1.82, 2.24) is 10.3 Å². The Bertz CT molecular complexity index is 630. The molecule has 0 spiro atoms. The Morgan fingerprint density at radius 3 is 2.74 bits per heavy atom. The fraction of sp³-hybridized carbons (Fsp3) is 0.412. The molecular weight excluding hydrogens is 333 g/mol. The van der Waals surface area contributed by atoms with Crippen LogP contribution in [-0.2, 0) is 4.79 Å². The van der Waals surface area contributed by atoms with Crippen LogP contribution in [0.3, 0.4) is 0 Å². The quantitative estimate of drug-likeness (QED) is 0.876. The average Bonchev–Trinajstić information content (AvgIpc) is 2.54. The van der Waals surface area contributed by atoms with Gasteiger partial charge in [0.25, 0.3) is 0 Å². The van der Waals surface area contributed by atoms with Gasteiger partial charge in [-0.15, -0.1) is 24.8 Å². The monoisotopic (exact) mass is 355 g/mol. The van der Waals surface area contributed by atoms with E-state index in [-0.39, 0.29) is 30.7 Å². The van der Waals surface area contributed by atoms with E-state index in [0.717, 1.165) is 36.1 Å². The molecule has 0 aliphatic carbocycles. The fourth-order valence-corrected chi connectivity index (χ4v) is 2.87. The summed E-state index contributed by atoms with van der Waals surface area (Å²) in [5.74, 6) is 0.775. The third-order valence-electron chi connectivity index (χ3n) is 4.11. The molecule has 0 radical (unpaired) electrons. The number of carbonyl (C=O) groups excluding carboxylic acids is 1. The van der Waals surface area contributed by atoms with Crippen LogP contribution >= 0.6 is 24.8 Å². The second-order valence-corrected chi connectivity index (χ2v) is 5.70. The standard InChI is InChI=1S/C17H21N3O.2ClH/c21-17(6-5-13-7-9-18-10-8-13)20-15-11-14-3-1-2-4-16(14)19-12-15;;/h1-4,11-13,18H,5-10H2,(H,20,21);2*1H. The number of halogens is 2. The Kier molecular flexibility index (Phi) is 8.31. The van der Waals surface area contributed by atoms with Crippen LogP contribution in [0.2, 0.25) is 0 Å². The van der Waals surface area contributed by atoms with Gasteiger partial charge < -0.3 is 10.6 Å². The Morgan fingerprint density at radius 1 is 1.22 bits per heavy atom. The van der Waals surface area contributed by atoms with Gasteiger partial charge in [-0.25, -0.2) is 0 Å². The van der Waals surface area contributed by atoms with Crippen molar-refractivity contribution in [2.45, 2.75) is 25.7 Å². The summed E-state index contributed by atoms with van der Waals surface area (Å²) in [7, 11) is 0. The molecule has 1 aliphatic rings. The summed E-state index contributed by atoms with van der Waals surface area (Å²) < 4.78 is 0. The smallest absolute Gasteiger partial charge is 0.224 e. The van der Waals surface area contributed by atoms with Crippen molar-refractivity contribution in [2.75, 3.05) is 18.4 Å². The third-order valence-corrected chi connectivity index (χ3v) is 4.11. The van der Waals surface area contributed by atoms with Crippen LogP contribution in [0.25, 0.3) is 10.9 Å².